The molecule has 1 saturated heterocycles. The number of nitrogens with one attached hydrogen (secondary N) is 1. The lowest BCUT2D eigenvalue weighted by Gasteiger charge is -2.30. The quantitative estimate of drug-likeness (QED) is 0.406. The predicted octanol–water partition coefficient (Wildman–Crippen LogP) is 5.04. The predicted molar refractivity (Wildman–Crippen MR) is 133 cm³/mol. The monoisotopic (exact) mass is 484 g/mol. The van der Waals surface area contributed by atoms with Gasteiger partial charge in [-0.2, -0.15) is 16.7 Å². The van der Waals surface area contributed by atoms with Gasteiger partial charge in [-0.05, 0) is 49.3 Å². The zero-order valence-electron chi connectivity index (χ0n) is 18.6. The average Bonchev–Trinajstić information content (AvgIpc) is 3.30. The van der Waals surface area contributed by atoms with Gasteiger partial charge in [0, 0.05) is 29.4 Å². The smallest absolute Gasteiger partial charge is 0.241 e. The van der Waals surface area contributed by atoms with Crippen molar-refractivity contribution in [3.8, 4) is 11.4 Å². The Morgan fingerprint density at radius 2 is 2.09 bits per heavy atom. The van der Waals surface area contributed by atoms with Gasteiger partial charge in [-0.25, -0.2) is 0 Å². The van der Waals surface area contributed by atoms with E-state index in [1.54, 1.807) is 0 Å². The number of rotatable bonds is 10. The Hall–Kier alpha value is -2.35. The number of piperidine rings is 1. The second-order valence-electron chi connectivity index (χ2n) is 8.28. The fraction of sp³-hybridized carbons (Fsp3) is 0.400. The molecule has 1 N–H and O–H groups in total. The molecule has 6 nitrogen and oxygen atoms in total. The summed E-state index contributed by atoms with van der Waals surface area (Å²) in [6, 6.07) is 17.8. The lowest BCUT2D eigenvalue weighted by molar-refractivity contribution is -0.126. The molecule has 0 radical (unpaired) electrons. The van der Waals surface area contributed by atoms with Gasteiger partial charge in [0.25, 0.3) is 0 Å². The Balaban J connectivity index is 1.15. The number of likely N-dealkylation sites (tertiary alicyclic amines) is 1. The number of aromatic nitrogens is 2. The molecule has 2 aromatic carbocycles. The van der Waals surface area contributed by atoms with Crippen molar-refractivity contribution in [3.63, 3.8) is 0 Å². The molecule has 1 amide bonds. The van der Waals surface area contributed by atoms with Crippen LogP contribution in [0.4, 0.5) is 0 Å². The number of thioether (sulfide) groups is 1. The van der Waals surface area contributed by atoms with Crippen LogP contribution >= 0.6 is 23.4 Å². The summed E-state index contributed by atoms with van der Waals surface area (Å²) in [5.74, 6) is 3.29. The summed E-state index contributed by atoms with van der Waals surface area (Å²) in [6.07, 6.45) is 2.87. The van der Waals surface area contributed by atoms with E-state index >= 15 is 0 Å². The molecule has 2 heterocycles. The van der Waals surface area contributed by atoms with Crippen LogP contribution in [0.3, 0.4) is 0 Å². The van der Waals surface area contributed by atoms with Crippen molar-refractivity contribution in [2.24, 2.45) is 5.92 Å². The first-order valence-electron chi connectivity index (χ1n) is 11.4. The Morgan fingerprint density at radius 1 is 1.21 bits per heavy atom. The topological polar surface area (TPSA) is 71.3 Å². The van der Waals surface area contributed by atoms with E-state index in [1.807, 2.05) is 60.3 Å². The first kappa shape index (κ1) is 23.8. The summed E-state index contributed by atoms with van der Waals surface area (Å²) in [7, 11) is 0. The number of nitrogens with zero attached hydrogens (tertiary/aromatic N) is 3. The SMILES string of the molecule is O=C(NCCCSCc1cccc(Cl)c1)C1CCCN(Cc2nc(-c3ccccc3)no2)C1. The van der Waals surface area contributed by atoms with Gasteiger partial charge in [-0.15, -0.1) is 0 Å². The molecule has 3 aromatic rings. The zero-order chi connectivity index (χ0) is 22.9. The zero-order valence-corrected chi connectivity index (χ0v) is 20.2. The minimum atomic E-state index is 0.00868. The van der Waals surface area contributed by atoms with E-state index in [0.29, 0.717) is 24.8 Å². The summed E-state index contributed by atoms with van der Waals surface area (Å²) in [6.45, 7) is 2.94. The van der Waals surface area contributed by atoms with Crippen molar-refractivity contribution in [2.75, 3.05) is 25.4 Å². The molecule has 4 rings (SSSR count). The summed E-state index contributed by atoms with van der Waals surface area (Å²) < 4.78 is 5.45. The summed E-state index contributed by atoms with van der Waals surface area (Å²) >= 11 is 7.89. The van der Waals surface area contributed by atoms with Gasteiger partial charge < -0.3 is 9.84 Å². The van der Waals surface area contributed by atoms with E-state index < -0.39 is 0 Å². The second-order valence-corrected chi connectivity index (χ2v) is 9.82. The first-order valence-corrected chi connectivity index (χ1v) is 12.9. The molecule has 1 aliphatic heterocycles. The number of carbonyl (C=O) groups excluding carboxylic acids is 1. The third kappa shape index (κ3) is 7.32. The van der Waals surface area contributed by atoms with Crippen molar-refractivity contribution in [3.05, 3.63) is 71.1 Å². The number of hydrogen-bond acceptors (Lipinski definition) is 6. The first-order chi connectivity index (χ1) is 16.2. The van der Waals surface area contributed by atoms with Gasteiger partial charge in [0.05, 0.1) is 12.5 Å². The highest BCUT2D eigenvalue weighted by Gasteiger charge is 2.26. The lowest BCUT2D eigenvalue weighted by atomic mass is 9.97. The van der Waals surface area contributed by atoms with E-state index in [9.17, 15) is 4.79 Å². The van der Waals surface area contributed by atoms with Crippen LogP contribution in [0.15, 0.2) is 59.1 Å². The number of carbonyl (C=O) groups is 1. The summed E-state index contributed by atoms with van der Waals surface area (Å²) in [4.78, 5) is 19.4. The van der Waals surface area contributed by atoms with E-state index in [1.165, 1.54) is 5.56 Å². The van der Waals surface area contributed by atoms with Crippen LogP contribution < -0.4 is 5.32 Å². The third-order valence-electron chi connectivity index (χ3n) is 5.66. The van der Waals surface area contributed by atoms with Crippen LogP contribution in [-0.2, 0) is 17.1 Å². The Bertz CT molecular complexity index is 1030. The minimum Gasteiger partial charge on any atom is -0.356 e. The van der Waals surface area contributed by atoms with Crippen molar-refractivity contribution in [1.29, 1.82) is 0 Å². The average molecular weight is 485 g/mol. The van der Waals surface area contributed by atoms with Crippen LogP contribution in [0, 0.1) is 5.92 Å². The largest absolute Gasteiger partial charge is 0.356 e. The van der Waals surface area contributed by atoms with Crippen molar-refractivity contribution >= 4 is 29.3 Å². The molecule has 174 valence electrons. The standard InChI is InChI=1S/C25H29ClN4O2S/c26-22-11-4-7-19(15-22)18-33-14-6-12-27-25(31)21-10-5-13-30(16-21)17-23-28-24(29-32-23)20-8-2-1-3-9-20/h1-4,7-9,11,15,21H,5-6,10,12-14,16-18H2,(H,27,31). The number of benzene rings is 2. The molecule has 1 fully saturated rings. The molecule has 8 heteroatoms. The molecule has 0 bridgehead atoms. The maximum atomic E-state index is 12.7. The maximum absolute atomic E-state index is 12.7. The van der Waals surface area contributed by atoms with Gasteiger partial charge in [-0.1, -0.05) is 59.2 Å². The van der Waals surface area contributed by atoms with Gasteiger partial charge in [0.2, 0.25) is 17.6 Å². The van der Waals surface area contributed by atoms with E-state index in [-0.39, 0.29) is 11.8 Å². The van der Waals surface area contributed by atoms with Crippen molar-refractivity contribution in [1.82, 2.24) is 20.4 Å². The van der Waals surface area contributed by atoms with E-state index in [0.717, 1.165) is 54.4 Å². The van der Waals surface area contributed by atoms with E-state index in [2.05, 4.69) is 26.4 Å². The van der Waals surface area contributed by atoms with Crippen molar-refractivity contribution in [2.45, 2.75) is 31.6 Å². The molecule has 0 saturated carbocycles. The van der Waals surface area contributed by atoms with Gasteiger partial charge in [0.15, 0.2) is 0 Å². The molecule has 1 atom stereocenters. The van der Waals surface area contributed by atoms with Gasteiger partial charge in [-0.3, -0.25) is 9.69 Å². The summed E-state index contributed by atoms with van der Waals surface area (Å²) in [5, 5.41) is 7.99. The van der Waals surface area contributed by atoms with Crippen LogP contribution in [0.1, 0.15) is 30.7 Å². The molecule has 0 aliphatic carbocycles. The molecule has 0 spiro atoms. The van der Waals surface area contributed by atoms with Crippen LogP contribution in [0.2, 0.25) is 5.02 Å². The van der Waals surface area contributed by atoms with Gasteiger partial charge in [0.1, 0.15) is 0 Å². The number of hydrogen-bond donors (Lipinski definition) is 1. The summed E-state index contributed by atoms with van der Waals surface area (Å²) in [5.41, 5.74) is 2.17. The second kappa shape index (κ2) is 12.2. The Morgan fingerprint density at radius 3 is 2.94 bits per heavy atom. The number of halogens is 1. The highest BCUT2D eigenvalue weighted by atomic mass is 35.5. The Labute approximate surface area is 204 Å². The lowest BCUT2D eigenvalue weighted by Crippen LogP contribution is -2.43. The third-order valence-corrected chi connectivity index (χ3v) is 7.01. The number of amides is 1. The highest BCUT2D eigenvalue weighted by molar-refractivity contribution is 7.98. The normalized spacial score (nSPS) is 16.6. The Kier molecular flexibility index (Phi) is 8.80. The minimum absolute atomic E-state index is 0.00868. The fourth-order valence-corrected chi connectivity index (χ4v) is 5.10. The molecule has 1 aromatic heterocycles. The van der Waals surface area contributed by atoms with E-state index in [4.69, 9.17) is 16.1 Å². The molecule has 33 heavy (non-hydrogen) atoms. The van der Waals surface area contributed by atoms with Crippen LogP contribution in [0.25, 0.3) is 11.4 Å². The van der Waals surface area contributed by atoms with Crippen molar-refractivity contribution < 1.29 is 9.32 Å². The molecular formula is C25H29ClN4O2S. The van der Waals surface area contributed by atoms with Crippen LogP contribution in [-0.4, -0.2) is 46.3 Å². The fourth-order valence-electron chi connectivity index (χ4n) is 3.97. The maximum Gasteiger partial charge on any atom is 0.241 e. The molecule has 1 aliphatic rings. The molecule has 1 unspecified atom stereocenters. The van der Waals surface area contributed by atoms with Crippen LogP contribution in [0.5, 0.6) is 0 Å². The highest BCUT2D eigenvalue weighted by Crippen LogP contribution is 2.21. The van der Waals surface area contributed by atoms with Gasteiger partial charge >= 0.3 is 0 Å². The molecular weight excluding hydrogens is 456 g/mol.